The number of aromatic nitrogens is 2. The lowest BCUT2D eigenvalue weighted by Crippen LogP contribution is -2.42. The average molecular weight is 511 g/mol. The number of hydrogen-bond acceptors (Lipinski definition) is 6. The van der Waals surface area contributed by atoms with E-state index in [4.69, 9.17) is 16.0 Å². The Morgan fingerprint density at radius 1 is 1.23 bits per heavy atom. The molecular weight excluding hydrogens is 487 g/mol. The number of aryl methyl sites for hydroxylation is 1. The van der Waals surface area contributed by atoms with Crippen LogP contribution in [0, 0.1) is 24.6 Å². The Bertz CT molecular complexity index is 1400. The molecule has 0 radical (unpaired) electrons. The highest BCUT2D eigenvalue weighted by Crippen LogP contribution is 2.43. The summed E-state index contributed by atoms with van der Waals surface area (Å²) in [7, 11) is 0. The summed E-state index contributed by atoms with van der Waals surface area (Å²) in [6, 6.07) is 12.0. The molecule has 0 spiro atoms. The van der Waals surface area contributed by atoms with Gasteiger partial charge in [-0.3, -0.25) is 4.79 Å². The molecule has 1 aliphatic carbocycles. The van der Waals surface area contributed by atoms with Gasteiger partial charge in [-0.15, -0.1) is 11.3 Å². The van der Waals surface area contributed by atoms with Crippen molar-refractivity contribution in [3.05, 3.63) is 64.0 Å². The minimum absolute atomic E-state index is 0.0108. The second-order valence-corrected chi connectivity index (χ2v) is 10.9. The molecule has 3 heterocycles. The molecule has 6 rings (SSSR count). The molecule has 180 valence electrons. The number of oxazole rings is 1. The Morgan fingerprint density at radius 2 is 2.06 bits per heavy atom. The largest absolute Gasteiger partial charge is 0.424 e. The number of thiazole rings is 1. The van der Waals surface area contributed by atoms with Gasteiger partial charge in [-0.05, 0) is 67.5 Å². The van der Waals surface area contributed by atoms with Crippen LogP contribution in [-0.2, 0) is 0 Å². The van der Waals surface area contributed by atoms with Crippen molar-refractivity contribution in [3.8, 4) is 10.4 Å². The number of rotatable bonds is 5. The number of hydrogen-bond donors (Lipinski definition) is 1. The number of nitrogens with one attached hydrogen (secondary N) is 1. The highest BCUT2D eigenvalue weighted by atomic mass is 35.5. The van der Waals surface area contributed by atoms with Crippen molar-refractivity contribution >= 4 is 46.0 Å². The van der Waals surface area contributed by atoms with Gasteiger partial charge in [-0.1, -0.05) is 30.2 Å². The van der Waals surface area contributed by atoms with E-state index >= 15 is 0 Å². The molecule has 3 atom stereocenters. The van der Waals surface area contributed by atoms with Crippen molar-refractivity contribution in [2.75, 3.05) is 18.4 Å². The quantitative estimate of drug-likeness (QED) is 0.336. The van der Waals surface area contributed by atoms with E-state index in [1.165, 1.54) is 29.9 Å². The molecule has 35 heavy (non-hydrogen) atoms. The van der Waals surface area contributed by atoms with E-state index in [1.54, 1.807) is 30.3 Å². The molecule has 3 unspecified atom stereocenters. The molecule has 0 bridgehead atoms. The number of amides is 1. The lowest BCUT2D eigenvalue weighted by molar-refractivity contribution is 0.0717. The predicted molar refractivity (Wildman–Crippen MR) is 135 cm³/mol. The van der Waals surface area contributed by atoms with E-state index in [-0.39, 0.29) is 17.8 Å². The number of nitrogens with zero attached hydrogens (tertiary/aromatic N) is 3. The summed E-state index contributed by atoms with van der Waals surface area (Å²) in [5.41, 5.74) is 2.61. The van der Waals surface area contributed by atoms with Gasteiger partial charge in [0, 0.05) is 18.1 Å². The van der Waals surface area contributed by atoms with Crippen molar-refractivity contribution in [3.63, 3.8) is 0 Å². The van der Waals surface area contributed by atoms with Gasteiger partial charge < -0.3 is 14.6 Å². The molecule has 1 saturated heterocycles. The lowest BCUT2D eigenvalue weighted by Gasteiger charge is -2.27. The maximum atomic E-state index is 13.9. The average Bonchev–Trinajstić information content (AvgIpc) is 3.60. The first-order chi connectivity index (χ1) is 17.0. The third kappa shape index (κ3) is 4.19. The summed E-state index contributed by atoms with van der Waals surface area (Å²) in [5.74, 6) is 0.545. The van der Waals surface area contributed by atoms with Crippen LogP contribution in [0.15, 0.2) is 46.9 Å². The van der Waals surface area contributed by atoms with Gasteiger partial charge in [0.15, 0.2) is 5.58 Å². The lowest BCUT2D eigenvalue weighted by atomic mass is 9.94. The van der Waals surface area contributed by atoms with Gasteiger partial charge in [0.05, 0.1) is 15.9 Å². The highest BCUT2D eigenvalue weighted by Gasteiger charge is 2.46. The predicted octanol–water partition coefficient (Wildman–Crippen LogP) is 6.41. The first kappa shape index (κ1) is 22.5. The molecule has 1 N–H and O–H groups in total. The van der Waals surface area contributed by atoms with E-state index < -0.39 is 0 Å². The van der Waals surface area contributed by atoms with Crippen molar-refractivity contribution < 1.29 is 13.6 Å². The van der Waals surface area contributed by atoms with Crippen LogP contribution < -0.4 is 5.32 Å². The topological polar surface area (TPSA) is 71.3 Å². The second kappa shape index (κ2) is 8.91. The number of fused-ring (bicyclic) bond motifs is 2. The molecule has 1 aliphatic heterocycles. The zero-order valence-electron chi connectivity index (χ0n) is 19.1. The first-order valence-electron chi connectivity index (χ1n) is 11.8. The number of anilines is 1. The summed E-state index contributed by atoms with van der Waals surface area (Å²) in [6.45, 7) is 3.16. The Hall–Kier alpha value is -2.97. The number of halogens is 2. The molecule has 1 amide bonds. The maximum Gasteiger partial charge on any atom is 0.295 e. The summed E-state index contributed by atoms with van der Waals surface area (Å²) < 4.78 is 19.3. The Balaban J connectivity index is 1.27. The van der Waals surface area contributed by atoms with Crippen LogP contribution >= 0.6 is 22.9 Å². The molecule has 2 fully saturated rings. The van der Waals surface area contributed by atoms with E-state index in [1.807, 2.05) is 11.8 Å². The van der Waals surface area contributed by atoms with Gasteiger partial charge in [-0.2, -0.15) is 4.98 Å². The third-order valence-corrected chi connectivity index (χ3v) is 8.41. The maximum absolute atomic E-state index is 13.9. The molecule has 1 saturated carbocycles. The molecule has 2 aromatic heterocycles. The summed E-state index contributed by atoms with van der Waals surface area (Å²) in [4.78, 5) is 25.7. The second-order valence-electron chi connectivity index (χ2n) is 9.31. The Kier molecular flexibility index (Phi) is 5.73. The highest BCUT2D eigenvalue weighted by molar-refractivity contribution is 7.15. The fourth-order valence-corrected chi connectivity index (χ4v) is 6.67. The molecular formula is C26H24ClFN4O2S. The summed E-state index contributed by atoms with van der Waals surface area (Å²) in [5, 5.41) is 4.75. The summed E-state index contributed by atoms with van der Waals surface area (Å²) >= 11 is 7.54. The summed E-state index contributed by atoms with van der Waals surface area (Å²) in [6.07, 6.45) is 3.42. The van der Waals surface area contributed by atoms with Crippen LogP contribution in [0.5, 0.6) is 0 Å². The van der Waals surface area contributed by atoms with Crippen molar-refractivity contribution in [2.45, 2.75) is 32.2 Å². The first-order valence-corrected chi connectivity index (χ1v) is 13.0. The molecule has 4 aromatic rings. The van der Waals surface area contributed by atoms with Gasteiger partial charge in [-0.25, -0.2) is 9.37 Å². The Labute approximate surface area is 211 Å². The van der Waals surface area contributed by atoms with Crippen LogP contribution in [0.3, 0.4) is 0 Å². The number of carbonyl (C=O) groups excluding carboxylic acids is 1. The van der Waals surface area contributed by atoms with Crippen molar-refractivity contribution in [1.29, 1.82) is 0 Å². The Morgan fingerprint density at radius 3 is 2.89 bits per heavy atom. The zero-order chi connectivity index (χ0) is 24.1. The van der Waals surface area contributed by atoms with Crippen LogP contribution in [0.1, 0.15) is 34.8 Å². The molecule has 9 heteroatoms. The van der Waals surface area contributed by atoms with Crippen molar-refractivity contribution in [2.24, 2.45) is 11.8 Å². The van der Waals surface area contributed by atoms with E-state index in [0.717, 1.165) is 34.8 Å². The van der Waals surface area contributed by atoms with Gasteiger partial charge >= 0.3 is 0 Å². The normalized spacial score (nSPS) is 21.6. The van der Waals surface area contributed by atoms with Crippen molar-refractivity contribution in [1.82, 2.24) is 14.9 Å². The SMILES string of the molecule is Cc1nc(C(=O)N2CC3CCCC3C2CNc2nc3cc(Cl)ccc3o2)c(-c2ccc(F)cc2)s1. The van der Waals surface area contributed by atoms with E-state index in [9.17, 15) is 9.18 Å². The van der Waals surface area contributed by atoms with Gasteiger partial charge in [0.1, 0.15) is 17.0 Å². The smallest absolute Gasteiger partial charge is 0.295 e. The fourth-order valence-electron chi connectivity index (χ4n) is 5.59. The minimum Gasteiger partial charge on any atom is -0.424 e. The van der Waals surface area contributed by atoms with Gasteiger partial charge in [0.2, 0.25) is 0 Å². The van der Waals surface area contributed by atoms with E-state index in [2.05, 4.69) is 15.3 Å². The van der Waals surface area contributed by atoms with Crippen LogP contribution in [0.4, 0.5) is 10.4 Å². The monoisotopic (exact) mass is 510 g/mol. The van der Waals surface area contributed by atoms with Gasteiger partial charge in [0.25, 0.3) is 11.9 Å². The standard InChI is InChI=1S/C26H24ClFN4O2S/c1-14-30-23(24(35-14)15-5-8-18(28)9-6-15)25(33)32-13-16-3-2-4-19(16)21(32)12-29-26-31-20-11-17(27)7-10-22(20)34-26/h5-11,16,19,21H,2-4,12-13H2,1H3,(H,29,31). The van der Waals surface area contributed by atoms with Crippen LogP contribution in [0.2, 0.25) is 5.02 Å². The minimum atomic E-state index is -0.303. The van der Waals surface area contributed by atoms with E-state index in [0.29, 0.717) is 46.2 Å². The molecule has 6 nitrogen and oxygen atoms in total. The fraction of sp³-hybridized carbons (Fsp3) is 0.346. The van der Waals surface area contributed by atoms with Crippen LogP contribution in [0.25, 0.3) is 21.5 Å². The van der Waals surface area contributed by atoms with Crippen LogP contribution in [-0.4, -0.2) is 39.9 Å². The number of carbonyl (C=O) groups is 1. The number of benzene rings is 2. The third-order valence-electron chi connectivity index (χ3n) is 7.16. The number of likely N-dealkylation sites (tertiary alicyclic amines) is 1. The zero-order valence-corrected chi connectivity index (χ0v) is 20.7. The molecule has 2 aliphatic rings. The molecule has 2 aromatic carbocycles.